The molecule has 0 bridgehead atoms. The third kappa shape index (κ3) is 4.23. The van der Waals surface area contributed by atoms with E-state index in [1.807, 2.05) is 0 Å². The van der Waals surface area contributed by atoms with E-state index in [2.05, 4.69) is 12.2 Å². The summed E-state index contributed by atoms with van der Waals surface area (Å²) >= 11 is 0. The highest BCUT2D eigenvalue weighted by Crippen LogP contribution is 2.23. The average molecular weight is 305 g/mol. The van der Waals surface area contributed by atoms with Gasteiger partial charge in [-0.25, -0.2) is 4.79 Å². The van der Waals surface area contributed by atoms with Crippen molar-refractivity contribution in [3.63, 3.8) is 0 Å². The molecule has 0 heterocycles. The van der Waals surface area contributed by atoms with Crippen molar-refractivity contribution in [3.05, 3.63) is 29.8 Å². The van der Waals surface area contributed by atoms with Gasteiger partial charge in [0.1, 0.15) is 5.75 Å². The minimum absolute atomic E-state index is 0.0774. The van der Waals surface area contributed by atoms with E-state index in [1.165, 1.54) is 30.7 Å². The van der Waals surface area contributed by atoms with Crippen molar-refractivity contribution in [2.24, 2.45) is 5.92 Å². The minimum atomic E-state index is -0.838. The van der Waals surface area contributed by atoms with Gasteiger partial charge in [0, 0.05) is 6.04 Å². The van der Waals surface area contributed by atoms with Gasteiger partial charge in [0.15, 0.2) is 6.10 Å². The van der Waals surface area contributed by atoms with Crippen molar-refractivity contribution >= 4 is 11.9 Å². The van der Waals surface area contributed by atoms with Crippen LogP contribution >= 0.6 is 0 Å². The van der Waals surface area contributed by atoms with Crippen molar-refractivity contribution in [2.45, 2.75) is 51.7 Å². The maximum absolute atomic E-state index is 12.1. The van der Waals surface area contributed by atoms with Crippen molar-refractivity contribution < 1.29 is 19.4 Å². The molecular weight excluding hydrogens is 282 g/mol. The van der Waals surface area contributed by atoms with Gasteiger partial charge in [0.2, 0.25) is 0 Å². The molecule has 1 aliphatic rings. The number of hydrogen-bond acceptors (Lipinski definition) is 4. The monoisotopic (exact) mass is 305 g/mol. The summed E-state index contributed by atoms with van der Waals surface area (Å²) in [4.78, 5) is 24.1. The largest absolute Gasteiger partial charge is 0.508 e. The van der Waals surface area contributed by atoms with Gasteiger partial charge in [0.25, 0.3) is 5.91 Å². The predicted molar refractivity (Wildman–Crippen MR) is 82.5 cm³/mol. The molecule has 1 fully saturated rings. The van der Waals surface area contributed by atoms with Crippen LogP contribution in [-0.2, 0) is 9.53 Å². The molecule has 0 saturated heterocycles. The highest BCUT2D eigenvalue weighted by Gasteiger charge is 2.26. The first kappa shape index (κ1) is 16.3. The van der Waals surface area contributed by atoms with Gasteiger partial charge in [0.05, 0.1) is 5.56 Å². The molecule has 5 heteroatoms. The van der Waals surface area contributed by atoms with Crippen molar-refractivity contribution in [3.8, 4) is 5.75 Å². The Morgan fingerprint density at radius 2 is 1.86 bits per heavy atom. The van der Waals surface area contributed by atoms with Crippen molar-refractivity contribution in [2.75, 3.05) is 0 Å². The number of rotatable bonds is 4. The molecule has 1 aromatic carbocycles. The number of benzene rings is 1. The fourth-order valence-corrected chi connectivity index (χ4v) is 2.71. The smallest absolute Gasteiger partial charge is 0.338 e. The van der Waals surface area contributed by atoms with E-state index in [9.17, 15) is 14.7 Å². The van der Waals surface area contributed by atoms with Crippen LogP contribution < -0.4 is 5.32 Å². The molecule has 120 valence electrons. The Morgan fingerprint density at radius 1 is 1.23 bits per heavy atom. The van der Waals surface area contributed by atoms with Crippen LogP contribution in [0.2, 0.25) is 0 Å². The molecule has 1 aliphatic carbocycles. The first-order chi connectivity index (χ1) is 10.5. The average Bonchev–Trinajstić information content (AvgIpc) is 2.50. The lowest BCUT2D eigenvalue weighted by atomic mass is 9.86. The van der Waals surface area contributed by atoms with Gasteiger partial charge in [-0.15, -0.1) is 0 Å². The van der Waals surface area contributed by atoms with Crippen molar-refractivity contribution in [1.29, 1.82) is 0 Å². The van der Waals surface area contributed by atoms with E-state index in [4.69, 9.17) is 4.74 Å². The quantitative estimate of drug-likeness (QED) is 0.839. The van der Waals surface area contributed by atoms with E-state index in [1.54, 1.807) is 6.92 Å². The molecule has 2 rings (SSSR count). The van der Waals surface area contributed by atoms with Crippen LogP contribution in [0.5, 0.6) is 5.75 Å². The van der Waals surface area contributed by atoms with Gasteiger partial charge < -0.3 is 15.2 Å². The topological polar surface area (TPSA) is 75.6 Å². The summed E-state index contributed by atoms with van der Waals surface area (Å²) in [6.07, 6.45) is 3.59. The molecule has 1 saturated carbocycles. The summed E-state index contributed by atoms with van der Waals surface area (Å²) < 4.78 is 5.18. The fourth-order valence-electron chi connectivity index (χ4n) is 2.71. The van der Waals surface area contributed by atoms with E-state index >= 15 is 0 Å². The highest BCUT2D eigenvalue weighted by molar-refractivity contribution is 5.92. The Hall–Kier alpha value is -2.04. The van der Waals surface area contributed by atoms with E-state index in [0.29, 0.717) is 11.5 Å². The van der Waals surface area contributed by atoms with Crippen LogP contribution in [0.25, 0.3) is 0 Å². The Kier molecular flexibility index (Phi) is 5.41. The second-order valence-corrected chi connectivity index (χ2v) is 5.97. The van der Waals surface area contributed by atoms with Gasteiger partial charge >= 0.3 is 5.97 Å². The van der Waals surface area contributed by atoms with Crippen LogP contribution in [0.1, 0.15) is 49.9 Å². The molecule has 2 N–H and O–H groups in total. The summed E-state index contributed by atoms with van der Waals surface area (Å²) in [5.74, 6) is -0.295. The molecule has 0 aliphatic heterocycles. The minimum Gasteiger partial charge on any atom is -0.508 e. The number of aromatic hydroxyl groups is 1. The first-order valence-corrected chi connectivity index (χ1v) is 7.77. The molecule has 22 heavy (non-hydrogen) atoms. The lowest BCUT2D eigenvalue weighted by molar-refractivity contribution is -0.130. The summed E-state index contributed by atoms with van der Waals surface area (Å²) in [6, 6.07) is 5.91. The number of nitrogens with one attached hydrogen (secondary N) is 1. The predicted octanol–water partition coefficient (Wildman–Crippen LogP) is 2.63. The number of carbonyl (C=O) groups excluding carboxylic acids is 2. The Bertz CT molecular complexity index is 526. The Labute approximate surface area is 130 Å². The van der Waals surface area contributed by atoms with Crippen LogP contribution in [0.4, 0.5) is 0 Å². The number of esters is 1. The molecule has 5 nitrogen and oxygen atoms in total. The summed E-state index contributed by atoms with van der Waals surface area (Å²) in [6.45, 7) is 3.71. The third-order valence-corrected chi connectivity index (χ3v) is 4.20. The number of phenolic OH excluding ortho intramolecular Hbond substituents is 1. The highest BCUT2D eigenvalue weighted by atomic mass is 16.5. The molecule has 3 atom stereocenters. The normalized spacial score (nSPS) is 22.6. The van der Waals surface area contributed by atoms with E-state index < -0.39 is 12.1 Å². The zero-order chi connectivity index (χ0) is 16.1. The fraction of sp³-hybridized carbons (Fsp3) is 0.529. The second kappa shape index (κ2) is 7.29. The third-order valence-electron chi connectivity index (χ3n) is 4.20. The Balaban J connectivity index is 1.87. The molecule has 1 amide bonds. The second-order valence-electron chi connectivity index (χ2n) is 5.97. The molecule has 0 unspecified atom stereocenters. The van der Waals surface area contributed by atoms with Crippen LogP contribution in [0.3, 0.4) is 0 Å². The maximum atomic E-state index is 12.1. The molecular formula is C17H23NO4. The molecule has 0 radical (unpaired) electrons. The van der Waals surface area contributed by atoms with E-state index in [-0.39, 0.29) is 17.7 Å². The van der Waals surface area contributed by atoms with Crippen molar-refractivity contribution in [1.82, 2.24) is 5.32 Å². The summed E-state index contributed by atoms with van der Waals surface area (Å²) in [5, 5.41) is 12.2. The van der Waals surface area contributed by atoms with Gasteiger partial charge in [-0.2, -0.15) is 0 Å². The molecule has 0 spiro atoms. The van der Waals surface area contributed by atoms with Gasteiger partial charge in [-0.05, 0) is 49.9 Å². The number of phenols is 1. The van der Waals surface area contributed by atoms with Gasteiger partial charge in [-0.3, -0.25) is 4.79 Å². The standard InChI is InChI=1S/C17H23NO4/c1-11-5-3-4-6-15(11)18-16(20)12(2)22-17(21)13-7-9-14(19)10-8-13/h7-12,15,19H,3-6H2,1-2H3,(H,18,20)/t11-,12+,15-/m0/s1. The lowest BCUT2D eigenvalue weighted by Gasteiger charge is -2.30. The SMILES string of the molecule is C[C@@H](OC(=O)c1ccc(O)cc1)C(=O)N[C@H]1CCCC[C@@H]1C. The summed E-state index contributed by atoms with van der Waals surface area (Å²) in [5.41, 5.74) is 0.309. The Morgan fingerprint density at radius 3 is 2.50 bits per heavy atom. The molecule has 0 aromatic heterocycles. The number of amides is 1. The lowest BCUT2D eigenvalue weighted by Crippen LogP contribution is -2.45. The summed E-state index contributed by atoms with van der Waals surface area (Å²) in [7, 11) is 0. The van der Waals surface area contributed by atoms with Gasteiger partial charge in [-0.1, -0.05) is 19.8 Å². The van der Waals surface area contributed by atoms with Crippen LogP contribution in [0.15, 0.2) is 24.3 Å². The number of carbonyl (C=O) groups is 2. The first-order valence-electron chi connectivity index (χ1n) is 7.77. The maximum Gasteiger partial charge on any atom is 0.338 e. The number of hydrogen-bond donors (Lipinski definition) is 2. The number of ether oxygens (including phenoxy) is 1. The van der Waals surface area contributed by atoms with Crippen LogP contribution in [0, 0.1) is 5.92 Å². The zero-order valence-electron chi connectivity index (χ0n) is 13.0. The van der Waals surface area contributed by atoms with Crippen LogP contribution in [-0.4, -0.2) is 29.1 Å². The van der Waals surface area contributed by atoms with E-state index in [0.717, 1.165) is 19.3 Å². The molecule has 1 aromatic rings. The zero-order valence-corrected chi connectivity index (χ0v) is 13.0.